The summed E-state index contributed by atoms with van der Waals surface area (Å²) in [6, 6.07) is 17.2. The Morgan fingerprint density at radius 3 is 2.28 bits per heavy atom. The van der Waals surface area contributed by atoms with Crippen LogP contribution in [0.2, 0.25) is 5.02 Å². The normalized spacial score (nSPS) is 15.0. The average Bonchev–Trinajstić information content (AvgIpc) is 3.16. The van der Waals surface area contributed by atoms with Gasteiger partial charge in [0.25, 0.3) is 5.91 Å². The van der Waals surface area contributed by atoms with Crippen molar-refractivity contribution in [2.75, 3.05) is 26.2 Å². The highest BCUT2D eigenvalue weighted by molar-refractivity contribution is 6.31. The zero-order valence-electron chi connectivity index (χ0n) is 16.6. The fraction of sp³-hybridized carbons (Fsp3) is 0.304. The van der Waals surface area contributed by atoms with Gasteiger partial charge in [0.2, 0.25) is 5.91 Å². The predicted octanol–water partition coefficient (Wildman–Crippen LogP) is 4.08. The van der Waals surface area contributed by atoms with E-state index in [1.807, 2.05) is 67.3 Å². The monoisotopic (exact) mass is 409 g/mol. The molecule has 1 fully saturated rings. The molecule has 29 heavy (non-hydrogen) atoms. The first-order valence-electron chi connectivity index (χ1n) is 9.79. The number of rotatable bonds is 3. The number of aromatic amines is 1. The number of carbonyl (C=O) groups is 2. The molecule has 2 amide bonds. The quantitative estimate of drug-likeness (QED) is 0.708. The highest BCUT2D eigenvalue weighted by Crippen LogP contribution is 2.26. The van der Waals surface area contributed by atoms with Gasteiger partial charge in [0.15, 0.2) is 0 Å². The summed E-state index contributed by atoms with van der Waals surface area (Å²) in [5.74, 6) is 0.0443. The van der Waals surface area contributed by atoms with Gasteiger partial charge in [-0.15, -0.1) is 0 Å². The first kappa shape index (κ1) is 19.5. The van der Waals surface area contributed by atoms with Crippen molar-refractivity contribution in [2.24, 2.45) is 0 Å². The van der Waals surface area contributed by atoms with Crippen LogP contribution in [0.3, 0.4) is 0 Å². The molecule has 6 heteroatoms. The maximum Gasteiger partial charge on any atom is 0.270 e. The van der Waals surface area contributed by atoms with E-state index in [1.54, 1.807) is 11.0 Å². The number of benzene rings is 2. The lowest BCUT2D eigenvalue weighted by molar-refractivity contribution is -0.137. The number of hydrogen-bond acceptors (Lipinski definition) is 2. The van der Waals surface area contributed by atoms with E-state index in [0.717, 1.165) is 16.5 Å². The van der Waals surface area contributed by atoms with E-state index in [9.17, 15) is 9.59 Å². The zero-order chi connectivity index (χ0) is 20.6. The number of aromatic nitrogens is 1. The molecule has 0 aliphatic carbocycles. The van der Waals surface area contributed by atoms with E-state index >= 15 is 0 Å². The summed E-state index contributed by atoms with van der Waals surface area (Å²) in [6.45, 7) is 6.02. The van der Waals surface area contributed by atoms with Crippen LogP contribution >= 0.6 is 11.6 Å². The van der Waals surface area contributed by atoms with Crippen molar-refractivity contribution in [3.05, 3.63) is 70.9 Å². The molecule has 0 unspecified atom stereocenters. The topological polar surface area (TPSA) is 56.4 Å². The molecule has 5 nitrogen and oxygen atoms in total. The standard InChI is InChI=1S/C23H24ClN3O2/c1-23(2,17-6-4-3-5-7-17)22(29)27-12-10-26(11-13-27)21(28)20-15-16-14-18(24)8-9-19(16)25-20/h3-9,14-15,25H,10-13H2,1-2H3. The Kier molecular flexibility index (Phi) is 5.09. The van der Waals surface area contributed by atoms with Gasteiger partial charge in [-0.1, -0.05) is 41.9 Å². The van der Waals surface area contributed by atoms with Crippen LogP contribution in [0.5, 0.6) is 0 Å². The molecule has 1 saturated heterocycles. The molecule has 150 valence electrons. The Bertz CT molecular complexity index is 1050. The summed E-state index contributed by atoms with van der Waals surface area (Å²) in [5, 5.41) is 1.56. The number of amides is 2. The van der Waals surface area contributed by atoms with Crippen LogP contribution in [-0.4, -0.2) is 52.8 Å². The van der Waals surface area contributed by atoms with E-state index in [4.69, 9.17) is 11.6 Å². The van der Waals surface area contributed by atoms with Crippen molar-refractivity contribution in [2.45, 2.75) is 19.3 Å². The molecule has 4 rings (SSSR count). The Balaban J connectivity index is 1.43. The van der Waals surface area contributed by atoms with E-state index in [1.165, 1.54) is 0 Å². The highest BCUT2D eigenvalue weighted by Gasteiger charge is 2.35. The molecule has 2 aromatic carbocycles. The summed E-state index contributed by atoms with van der Waals surface area (Å²) in [6.07, 6.45) is 0. The highest BCUT2D eigenvalue weighted by atomic mass is 35.5. The molecular weight excluding hydrogens is 386 g/mol. The fourth-order valence-electron chi connectivity index (χ4n) is 3.88. The van der Waals surface area contributed by atoms with Gasteiger partial charge >= 0.3 is 0 Å². The fourth-order valence-corrected chi connectivity index (χ4v) is 4.06. The number of carbonyl (C=O) groups excluding carboxylic acids is 2. The van der Waals surface area contributed by atoms with Crippen LogP contribution in [0.4, 0.5) is 0 Å². The smallest absolute Gasteiger partial charge is 0.270 e. The van der Waals surface area contributed by atoms with Crippen molar-refractivity contribution in [3.8, 4) is 0 Å². The molecule has 3 aromatic rings. The molecule has 0 bridgehead atoms. The van der Waals surface area contributed by atoms with Gasteiger partial charge in [-0.2, -0.15) is 0 Å². The van der Waals surface area contributed by atoms with Gasteiger partial charge in [0.1, 0.15) is 5.69 Å². The van der Waals surface area contributed by atoms with Crippen LogP contribution in [0, 0.1) is 0 Å². The van der Waals surface area contributed by atoms with Crippen molar-refractivity contribution in [3.63, 3.8) is 0 Å². The molecule has 2 heterocycles. The third-order valence-corrected chi connectivity index (χ3v) is 5.93. The molecular formula is C23H24ClN3O2. The molecule has 1 aliphatic heterocycles. The second-order valence-electron chi connectivity index (χ2n) is 7.99. The maximum atomic E-state index is 13.1. The first-order valence-corrected chi connectivity index (χ1v) is 10.2. The zero-order valence-corrected chi connectivity index (χ0v) is 17.4. The summed E-state index contributed by atoms with van der Waals surface area (Å²) in [7, 11) is 0. The summed E-state index contributed by atoms with van der Waals surface area (Å²) >= 11 is 6.04. The van der Waals surface area contributed by atoms with E-state index in [2.05, 4.69) is 4.98 Å². The lowest BCUT2D eigenvalue weighted by atomic mass is 9.83. The van der Waals surface area contributed by atoms with Crippen molar-refractivity contribution < 1.29 is 9.59 Å². The second kappa shape index (κ2) is 7.56. The Morgan fingerprint density at radius 2 is 1.59 bits per heavy atom. The molecule has 0 radical (unpaired) electrons. The van der Waals surface area contributed by atoms with E-state index in [0.29, 0.717) is 36.9 Å². The Morgan fingerprint density at radius 1 is 0.931 bits per heavy atom. The van der Waals surface area contributed by atoms with Gasteiger partial charge in [-0.25, -0.2) is 0 Å². The largest absolute Gasteiger partial charge is 0.351 e. The predicted molar refractivity (Wildman–Crippen MR) is 115 cm³/mol. The summed E-state index contributed by atoms with van der Waals surface area (Å²) in [4.78, 5) is 32.9. The second-order valence-corrected chi connectivity index (χ2v) is 8.43. The van der Waals surface area contributed by atoms with Crippen molar-refractivity contribution >= 4 is 34.3 Å². The van der Waals surface area contributed by atoms with E-state index < -0.39 is 5.41 Å². The van der Waals surface area contributed by atoms with Crippen LogP contribution in [0.1, 0.15) is 29.9 Å². The Hall–Kier alpha value is -2.79. The Labute approximate surface area is 175 Å². The van der Waals surface area contributed by atoms with Crippen LogP contribution in [0.25, 0.3) is 10.9 Å². The molecule has 0 spiro atoms. The van der Waals surface area contributed by atoms with Crippen molar-refractivity contribution in [1.82, 2.24) is 14.8 Å². The minimum absolute atomic E-state index is 0.0493. The first-order chi connectivity index (χ1) is 13.9. The van der Waals surface area contributed by atoms with Crippen LogP contribution < -0.4 is 0 Å². The number of fused-ring (bicyclic) bond motifs is 1. The van der Waals surface area contributed by atoms with Crippen LogP contribution in [0.15, 0.2) is 54.6 Å². The minimum atomic E-state index is -0.593. The third-order valence-electron chi connectivity index (χ3n) is 5.70. The average molecular weight is 410 g/mol. The molecule has 1 aromatic heterocycles. The molecule has 1 N–H and O–H groups in total. The van der Waals surface area contributed by atoms with Gasteiger partial charge in [-0.3, -0.25) is 9.59 Å². The van der Waals surface area contributed by atoms with Crippen LogP contribution in [-0.2, 0) is 10.2 Å². The van der Waals surface area contributed by atoms with Gasteiger partial charge < -0.3 is 14.8 Å². The lowest BCUT2D eigenvalue weighted by Gasteiger charge is -2.38. The van der Waals surface area contributed by atoms with E-state index in [-0.39, 0.29) is 11.8 Å². The number of hydrogen-bond donors (Lipinski definition) is 1. The van der Waals surface area contributed by atoms with Gasteiger partial charge in [0, 0.05) is 42.1 Å². The SMILES string of the molecule is CC(C)(C(=O)N1CCN(C(=O)c2cc3cc(Cl)ccc3[nH]2)CC1)c1ccccc1. The number of H-pyrrole nitrogens is 1. The molecule has 1 aliphatic rings. The summed E-state index contributed by atoms with van der Waals surface area (Å²) < 4.78 is 0. The third kappa shape index (κ3) is 3.75. The number of nitrogens with one attached hydrogen (secondary N) is 1. The van der Waals surface area contributed by atoms with Crippen molar-refractivity contribution in [1.29, 1.82) is 0 Å². The lowest BCUT2D eigenvalue weighted by Crippen LogP contribution is -2.54. The summed E-state index contributed by atoms with van der Waals surface area (Å²) in [5.41, 5.74) is 1.84. The minimum Gasteiger partial charge on any atom is -0.351 e. The maximum absolute atomic E-state index is 13.1. The number of piperazine rings is 1. The molecule has 0 saturated carbocycles. The van der Waals surface area contributed by atoms with Gasteiger partial charge in [-0.05, 0) is 43.7 Å². The van der Waals surface area contributed by atoms with Gasteiger partial charge in [0.05, 0.1) is 5.41 Å². The number of nitrogens with zero attached hydrogens (tertiary/aromatic N) is 2. The number of halogens is 1. The molecule has 0 atom stereocenters.